The van der Waals surface area contributed by atoms with Crippen LogP contribution in [0.1, 0.15) is 19.3 Å². The monoisotopic (exact) mass is 173 g/mol. The van der Waals surface area contributed by atoms with Crippen LogP contribution < -0.4 is 11.1 Å². The van der Waals surface area contributed by atoms with Gasteiger partial charge in [0.1, 0.15) is 0 Å². The van der Waals surface area contributed by atoms with Gasteiger partial charge >= 0.3 is 0 Å². The van der Waals surface area contributed by atoms with E-state index >= 15 is 0 Å². The molecule has 0 aliphatic rings. The topological polar surface area (TPSA) is 41.3 Å². The molecule has 0 aromatic rings. The Bertz CT molecular complexity index is 93.8. The summed E-state index contributed by atoms with van der Waals surface area (Å²) in [6.07, 6.45) is 3.58. The van der Waals surface area contributed by atoms with Crippen molar-refractivity contribution in [2.45, 2.75) is 25.3 Å². The highest BCUT2D eigenvalue weighted by Gasteiger charge is 2.08. The number of nitrogens with one attached hydrogen (secondary N) is 1. The van der Waals surface area contributed by atoms with Crippen LogP contribution in [-0.2, 0) is 0 Å². The third-order valence-electron chi connectivity index (χ3n) is 2.19. The van der Waals surface area contributed by atoms with Gasteiger partial charge in [-0.15, -0.1) is 0 Å². The summed E-state index contributed by atoms with van der Waals surface area (Å²) in [6.45, 7) is 1.90. The molecular weight excluding hydrogens is 150 g/mol. The molecule has 0 bridgehead atoms. The molecule has 0 rings (SSSR count). The first-order valence-electron chi connectivity index (χ1n) is 4.73. The zero-order valence-electron chi connectivity index (χ0n) is 8.64. The van der Waals surface area contributed by atoms with Gasteiger partial charge in [0, 0.05) is 6.04 Å². The van der Waals surface area contributed by atoms with Gasteiger partial charge in [-0.3, -0.25) is 0 Å². The average molecular weight is 173 g/mol. The predicted molar refractivity (Wildman–Crippen MR) is 54.3 cm³/mol. The lowest BCUT2D eigenvalue weighted by atomic mass is 10.1. The van der Waals surface area contributed by atoms with Crippen molar-refractivity contribution in [3.63, 3.8) is 0 Å². The van der Waals surface area contributed by atoms with Crippen molar-refractivity contribution in [1.29, 1.82) is 0 Å². The fraction of sp³-hybridized carbons (Fsp3) is 1.00. The first-order valence-corrected chi connectivity index (χ1v) is 4.73. The van der Waals surface area contributed by atoms with Crippen LogP contribution in [0.2, 0.25) is 0 Å². The molecule has 0 heterocycles. The first-order chi connectivity index (χ1) is 5.72. The van der Waals surface area contributed by atoms with E-state index in [-0.39, 0.29) is 0 Å². The highest BCUT2D eigenvalue weighted by molar-refractivity contribution is 4.66. The summed E-state index contributed by atoms with van der Waals surface area (Å²) in [5.74, 6) is 0. The van der Waals surface area contributed by atoms with Gasteiger partial charge in [-0.05, 0) is 53.5 Å². The van der Waals surface area contributed by atoms with Crippen LogP contribution in [0.4, 0.5) is 0 Å². The molecule has 1 unspecified atom stereocenters. The fourth-order valence-electron chi connectivity index (χ4n) is 1.37. The van der Waals surface area contributed by atoms with E-state index in [0.29, 0.717) is 6.04 Å². The van der Waals surface area contributed by atoms with E-state index in [0.717, 1.165) is 19.5 Å². The maximum Gasteiger partial charge on any atom is 0.0102 e. The van der Waals surface area contributed by atoms with Crippen LogP contribution in [0.3, 0.4) is 0 Å². The van der Waals surface area contributed by atoms with Crippen molar-refractivity contribution in [3.8, 4) is 0 Å². The summed E-state index contributed by atoms with van der Waals surface area (Å²) in [7, 11) is 6.24. The van der Waals surface area contributed by atoms with Gasteiger partial charge in [-0.25, -0.2) is 0 Å². The van der Waals surface area contributed by atoms with Crippen molar-refractivity contribution >= 4 is 0 Å². The maximum absolute atomic E-state index is 5.53. The summed E-state index contributed by atoms with van der Waals surface area (Å²) in [5.41, 5.74) is 5.53. The second-order valence-corrected chi connectivity index (χ2v) is 3.44. The van der Waals surface area contributed by atoms with Crippen molar-refractivity contribution in [2.75, 3.05) is 34.2 Å². The van der Waals surface area contributed by atoms with E-state index in [9.17, 15) is 0 Å². The van der Waals surface area contributed by atoms with Gasteiger partial charge in [-0.2, -0.15) is 0 Å². The number of rotatable bonds is 7. The summed E-state index contributed by atoms with van der Waals surface area (Å²) >= 11 is 0. The zero-order valence-corrected chi connectivity index (χ0v) is 8.64. The average Bonchev–Trinajstić information content (AvgIpc) is 2.03. The Kier molecular flexibility index (Phi) is 7.45. The van der Waals surface area contributed by atoms with Gasteiger partial charge in [0.15, 0.2) is 0 Å². The summed E-state index contributed by atoms with van der Waals surface area (Å²) in [4.78, 5) is 2.27. The molecule has 0 saturated carbocycles. The maximum atomic E-state index is 5.53. The molecule has 0 saturated heterocycles. The van der Waals surface area contributed by atoms with Gasteiger partial charge < -0.3 is 16.0 Å². The molecule has 3 nitrogen and oxygen atoms in total. The quantitative estimate of drug-likeness (QED) is 0.543. The van der Waals surface area contributed by atoms with Crippen LogP contribution in [0.15, 0.2) is 0 Å². The third-order valence-corrected chi connectivity index (χ3v) is 2.19. The minimum Gasteiger partial charge on any atom is -0.330 e. The van der Waals surface area contributed by atoms with E-state index in [1.165, 1.54) is 12.8 Å². The predicted octanol–water partition coefficient (Wildman–Crippen LogP) is 0.265. The largest absolute Gasteiger partial charge is 0.330 e. The minimum atomic E-state index is 0.656. The zero-order chi connectivity index (χ0) is 9.40. The van der Waals surface area contributed by atoms with Crippen LogP contribution >= 0.6 is 0 Å². The molecular formula is C9H23N3. The Morgan fingerprint density at radius 3 is 2.42 bits per heavy atom. The second-order valence-electron chi connectivity index (χ2n) is 3.44. The fourth-order valence-corrected chi connectivity index (χ4v) is 1.37. The van der Waals surface area contributed by atoms with Crippen molar-refractivity contribution in [1.82, 2.24) is 10.2 Å². The Morgan fingerprint density at radius 1 is 1.33 bits per heavy atom. The van der Waals surface area contributed by atoms with Crippen LogP contribution in [0.5, 0.6) is 0 Å². The molecule has 3 heteroatoms. The standard InChI is InChI=1S/C9H23N3/c1-11-8-4-5-9(6-7-10)12(2)3/h9,11H,4-8,10H2,1-3H3. The van der Waals surface area contributed by atoms with E-state index in [1.54, 1.807) is 0 Å². The lowest BCUT2D eigenvalue weighted by Gasteiger charge is -2.23. The molecule has 74 valence electrons. The Balaban J connectivity index is 3.49. The van der Waals surface area contributed by atoms with Gasteiger partial charge in [0.25, 0.3) is 0 Å². The molecule has 0 aliphatic carbocycles. The first kappa shape index (κ1) is 11.9. The molecule has 0 radical (unpaired) electrons. The molecule has 0 spiro atoms. The van der Waals surface area contributed by atoms with E-state index in [4.69, 9.17) is 5.73 Å². The second kappa shape index (κ2) is 7.53. The van der Waals surface area contributed by atoms with Crippen molar-refractivity contribution in [3.05, 3.63) is 0 Å². The summed E-state index contributed by atoms with van der Waals surface area (Å²) in [6, 6.07) is 0.656. The Hall–Kier alpha value is -0.120. The molecule has 0 fully saturated rings. The van der Waals surface area contributed by atoms with Crippen LogP contribution in [0.25, 0.3) is 0 Å². The number of hydrogen-bond acceptors (Lipinski definition) is 3. The highest BCUT2D eigenvalue weighted by atomic mass is 15.1. The normalized spacial score (nSPS) is 13.8. The smallest absolute Gasteiger partial charge is 0.0102 e. The molecule has 12 heavy (non-hydrogen) atoms. The van der Waals surface area contributed by atoms with Gasteiger partial charge in [0.2, 0.25) is 0 Å². The molecule has 0 amide bonds. The molecule has 1 atom stereocenters. The third kappa shape index (κ3) is 5.52. The number of hydrogen-bond donors (Lipinski definition) is 2. The van der Waals surface area contributed by atoms with Crippen molar-refractivity contribution in [2.24, 2.45) is 5.73 Å². The summed E-state index contributed by atoms with van der Waals surface area (Å²) in [5, 5.41) is 3.15. The molecule has 0 aromatic heterocycles. The Labute approximate surface area is 76.3 Å². The number of nitrogens with two attached hydrogens (primary N) is 1. The van der Waals surface area contributed by atoms with Crippen LogP contribution in [0, 0.1) is 0 Å². The van der Waals surface area contributed by atoms with Gasteiger partial charge in [-0.1, -0.05) is 0 Å². The molecule has 3 N–H and O–H groups in total. The van der Waals surface area contributed by atoms with Gasteiger partial charge in [0.05, 0.1) is 0 Å². The van der Waals surface area contributed by atoms with E-state index < -0.39 is 0 Å². The van der Waals surface area contributed by atoms with Crippen molar-refractivity contribution < 1.29 is 0 Å². The lowest BCUT2D eigenvalue weighted by molar-refractivity contribution is 0.262. The Morgan fingerprint density at radius 2 is 2.00 bits per heavy atom. The van der Waals surface area contributed by atoms with E-state index in [2.05, 4.69) is 24.3 Å². The molecule has 0 aromatic carbocycles. The lowest BCUT2D eigenvalue weighted by Crippen LogP contribution is -2.30. The van der Waals surface area contributed by atoms with E-state index in [1.807, 2.05) is 7.05 Å². The highest BCUT2D eigenvalue weighted by Crippen LogP contribution is 2.05. The SMILES string of the molecule is CNCCCC(CCN)N(C)C. The number of nitrogens with zero attached hydrogens (tertiary/aromatic N) is 1. The molecule has 0 aliphatic heterocycles. The summed E-state index contributed by atoms with van der Waals surface area (Å²) < 4.78 is 0. The minimum absolute atomic E-state index is 0.656. The van der Waals surface area contributed by atoms with Crippen LogP contribution in [-0.4, -0.2) is 45.2 Å².